The average molecular weight is 368 g/mol. The molecule has 0 unspecified atom stereocenters. The smallest absolute Gasteiger partial charge is 0.324 e. The van der Waals surface area contributed by atoms with Gasteiger partial charge in [0.25, 0.3) is 0 Å². The average Bonchev–Trinajstić information content (AvgIpc) is 3.00. The van der Waals surface area contributed by atoms with Crippen LogP contribution in [0.1, 0.15) is 32.6 Å². The monoisotopic (exact) mass is 368 g/mol. The Hall–Kier alpha value is -2.90. The molecule has 1 saturated heterocycles. The number of imidazole rings is 1. The van der Waals surface area contributed by atoms with Gasteiger partial charge in [-0.3, -0.25) is 0 Å². The first-order valence-electron chi connectivity index (χ1n) is 8.97. The van der Waals surface area contributed by atoms with Gasteiger partial charge in [-0.05, 0) is 12.1 Å². The second-order valence-electron chi connectivity index (χ2n) is 7.71. The number of rotatable bonds is 4. The van der Waals surface area contributed by atoms with Crippen molar-refractivity contribution in [1.29, 1.82) is 0 Å². The van der Waals surface area contributed by atoms with Crippen LogP contribution in [0.15, 0.2) is 24.3 Å². The number of nitrogens with zero attached hydrogens (tertiary/aromatic N) is 6. The Bertz CT molecular complexity index is 950. The van der Waals surface area contributed by atoms with Crippen molar-refractivity contribution in [2.24, 2.45) is 0 Å². The van der Waals surface area contributed by atoms with Crippen LogP contribution in [-0.2, 0) is 5.41 Å². The summed E-state index contributed by atoms with van der Waals surface area (Å²) in [5, 5.41) is 0. The number of benzene rings is 1. The lowest BCUT2D eigenvalue weighted by molar-refractivity contribution is 0.331. The molecule has 0 aliphatic carbocycles. The van der Waals surface area contributed by atoms with Crippen molar-refractivity contribution in [2.45, 2.75) is 32.2 Å². The normalized spacial score (nSPS) is 15.1. The highest BCUT2D eigenvalue weighted by molar-refractivity contribution is 5.76. The van der Waals surface area contributed by atoms with E-state index in [2.05, 4.69) is 63.4 Å². The van der Waals surface area contributed by atoms with Crippen LogP contribution < -0.4 is 14.4 Å². The SMILES string of the molecule is COc1nc(OC)nc(N2CC(n3c(C(C)(C)C)nc4ccccc43)C2)n1. The van der Waals surface area contributed by atoms with Gasteiger partial charge in [-0.25, -0.2) is 4.98 Å². The van der Waals surface area contributed by atoms with E-state index in [9.17, 15) is 0 Å². The van der Waals surface area contributed by atoms with Gasteiger partial charge in [0, 0.05) is 18.5 Å². The molecular formula is C19H24N6O2. The molecule has 4 rings (SSSR count). The number of para-hydroxylation sites is 2. The summed E-state index contributed by atoms with van der Waals surface area (Å²) in [7, 11) is 3.06. The van der Waals surface area contributed by atoms with E-state index in [0.717, 1.165) is 29.9 Å². The Morgan fingerprint density at radius 1 is 0.926 bits per heavy atom. The van der Waals surface area contributed by atoms with Gasteiger partial charge >= 0.3 is 12.0 Å². The molecule has 0 amide bonds. The highest BCUT2D eigenvalue weighted by atomic mass is 16.5. The molecule has 2 aromatic heterocycles. The minimum Gasteiger partial charge on any atom is -0.467 e. The molecule has 8 heteroatoms. The zero-order valence-electron chi connectivity index (χ0n) is 16.3. The lowest BCUT2D eigenvalue weighted by atomic mass is 9.94. The zero-order chi connectivity index (χ0) is 19.2. The fourth-order valence-corrected chi connectivity index (χ4v) is 3.38. The number of aromatic nitrogens is 5. The second kappa shape index (κ2) is 6.37. The summed E-state index contributed by atoms with van der Waals surface area (Å²) in [6.07, 6.45) is 0. The molecule has 0 radical (unpaired) electrons. The number of hydrogen-bond acceptors (Lipinski definition) is 7. The maximum absolute atomic E-state index is 5.15. The summed E-state index contributed by atoms with van der Waals surface area (Å²) in [5.41, 5.74) is 2.15. The Morgan fingerprint density at radius 2 is 1.56 bits per heavy atom. The van der Waals surface area contributed by atoms with E-state index < -0.39 is 0 Å². The summed E-state index contributed by atoms with van der Waals surface area (Å²) in [6.45, 7) is 8.17. The molecule has 0 spiro atoms. The fourth-order valence-electron chi connectivity index (χ4n) is 3.38. The van der Waals surface area contributed by atoms with Crippen molar-refractivity contribution in [3.63, 3.8) is 0 Å². The topological polar surface area (TPSA) is 78.2 Å². The molecule has 1 fully saturated rings. The van der Waals surface area contributed by atoms with Gasteiger partial charge in [-0.1, -0.05) is 32.9 Å². The standard InChI is InChI=1S/C19H24N6O2/c1-19(2,3)15-20-13-8-6-7-9-14(13)25(15)12-10-24(11-12)16-21-17(26-4)23-18(22-16)27-5/h6-9,12H,10-11H2,1-5H3. The Balaban J connectivity index is 1.65. The summed E-state index contributed by atoms with van der Waals surface area (Å²) >= 11 is 0. The number of ether oxygens (including phenoxy) is 2. The molecule has 3 heterocycles. The van der Waals surface area contributed by atoms with Crippen LogP contribution in [0.2, 0.25) is 0 Å². The van der Waals surface area contributed by atoms with Crippen LogP contribution in [0.4, 0.5) is 5.95 Å². The van der Waals surface area contributed by atoms with E-state index >= 15 is 0 Å². The predicted octanol–water partition coefficient (Wildman–Crippen LogP) is 2.60. The Labute approximate surface area is 158 Å². The molecule has 0 N–H and O–H groups in total. The van der Waals surface area contributed by atoms with Crippen LogP contribution in [0.5, 0.6) is 12.0 Å². The van der Waals surface area contributed by atoms with Crippen LogP contribution in [0.25, 0.3) is 11.0 Å². The van der Waals surface area contributed by atoms with Crippen molar-refractivity contribution in [3.05, 3.63) is 30.1 Å². The lowest BCUT2D eigenvalue weighted by Crippen LogP contribution is -2.49. The van der Waals surface area contributed by atoms with Crippen molar-refractivity contribution in [3.8, 4) is 12.0 Å². The van der Waals surface area contributed by atoms with Crippen LogP contribution in [-0.4, -0.2) is 51.8 Å². The third-order valence-corrected chi connectivity index (χ3v) is 4.72. The molecule has 142 valence electrons. The number of anilines is 1. The molecule has 3 aromatic rings. The van der Waals surface area contributed by atoms with Crippen molar-refractivity contribution < 1.29 is 9.47 Å². The van der Waals surface area contributed by atoms with Crippen molar-refractivity contribution in [1.82, 2.24) is 24.5 Å². The summed E-state index contributed by atoms with van der Waals surface area (Å²) < 4.78 is 12.7. The summed E-state index contributed by atoms with van der Waals surface area (Å²) in [6, 6.07) is 9.11. The third kappa shape index (κ3) is 3.05. The fraction of sp³-hybridized carbons (Fsp3) is 0.474. The number of fused-ring (bicyclic) bond motifs is 1. The minimum atomic E-state index is -0.0426. The first-order chi connectivity index (χ1) is 12.9. The van der Waals surface area contributed by atoms with Crippen LogP contribution >= 0.6 is 0 Å². The number of hydrogen-bond donors (Lipinski definition) is 0. The maximum atomic E-state index is 5.15. The minimum absolute atomic E-state index is 0.0426. The Kier molecular flexibility index (Phi) is 4.13. The van der Waals surface area contributed by atoms with Gasteiger partial charge in [0.2, 0.25) is 5.95 Å². The first-order valence-corrected chi connectivity index (χ1v) is 8.97. The zero-order valence-corrected chi connectivity index (χ0v) is 16.3. The van der Waals surface area contributed by atoms with Gasteiger partial charge in [-0.2, -0.15) is 9.97 Å². The van der Waals surface area contributed by atoms with E-state index in [4.69, 9.17) is 14.5 Å². The van der Waals surface area contributed by atoms with Crippen molar-refractivity contribution in [2.75, 3.05) is 32.2 Å². The second-order valence-corrected chi connectivity index (χ2v) is 7.71. The van der Waals surface area contributed by atoms with Gasteiger partial charge in [0.15, 0.2) is 0 Å². The van der Waals surface area contributed by atoms with Gasteiger partial charge in [0.1, 0.15) is 5.82 Å². The van der Waals surface area contributed by atoms with Crippen molar-refractivity contribution >= 4 is 17.0 Å². The van der Waals surface area contributed by atoms with E-state index in [-0.39, 0.29) is 17.4 Å². The van der Waals surface area contributed by atoms with E-state index in [1.165, 1.54) is 14.2 Å². The third-order valence-electron chi connectivity index (χ3n) is 4.72. The van der Waals surface area contributed by atoms with Gasteiger partial charge in [-0.15, -0.1) is 4.98 Å². The maximum Gasteiger partial charge on any atom is 0.324 e. The molecule has 0 atom stereocenters. The van der Waals surface area contributed by atoms with E-state index in [0.29, 0.717) is 12.0 Å². The summed E-state index contributed by atoms with van der Waals surface area (Å²) in [4.78, 5) is 19.8. The molecule has 8 nitrogen and oxygen atoms in total. The van der Waals surface area contributed by atoms with Crippen LogP contribution in [0, 0.1) is 0 Å². The first kappa shape index (κ1) is 17.5. The molecule has 0 bridgehead atoms. The molecule has 1 aliphatic heterocycles. The molecule has 1 aliphatic rings. The van der Waals surface area contributed by atoms with E-state index in [1.807, 2.05) is 6.07 Å². The molecule has 0 saturated carbocycles. The Morgan fingerprint density at radius 3 is 2.15 bits per heavy atom. The highest BCUT2D eigenvalue weighted by Gasteiger charge is 2.35. The molecular weight excluding hydrogens is 344 g/mol. The van der Waals surface area contributed by atoms with E-state index in [1.54, 1.807) is 0 Å². The largest absolute Gasteiger partial charge is 0.467 e. The lowest BCUT2D eigenvalue weighted by Gasteiger charge is -2.41. The highest BCUT2D eigenvalue weighted by Crippen LogP contribution is 2.34. The summed E-state index contributed by atoms with van der Waals surface area (Å²) in [5.74, 6) is 1.66. The predicted molar refractivity (Wildman–Crippen MR) is 103 cm³/mol. The molecule has 1 aromatic carbocycles. The quantitative estimate of drug-likeness (QED) is 0.700. The van der Waals surface area contributed by atoms with Gasteiger partial charge in [0.05, 0.1) is 31.3 Å². The molecule has 27 heavy (non-hydrogen) atoms. The van der Waals surface area contributed by atoms with Crippen LogP contribution in [0.3, 0.4) is 0 Å². The van der Waals surface area contributed by atoms with Gasteiger partial charge < -0.3 is 18.9 Å². The number of methoxy groups -OCH3 is 2.